The fourth-order valence-corrected chi connectivity index (χ4v) is 6.68. The lowest BCUT2D eigenvalue weighted by atomic mass is 10.0. The highest BCUT2D eigenvalue weighted by molar-refractivity contribution is 7.99. The van der Waals surface area contributed by atoms with Gasteiger partial charge in [-0.15, -0.1) is 11.3 Å². The first-order chi connectivity index (χ1) is 19.2. The first-order valence-electron chi connectivity index (χ1n) is 12.7. The third kappa shape index (κ3) is 5.96. The van der Waals surface area contributed by atoms with Gasteiger partial charge in [-0.1, -0.05) is 53.7 Å². The standard InChI is InChI=1S/C31H25ClN4OS2/c32-28-16-24(7-9-30(28)39-25-4-2-1-3-5-25)35-31-23(17-33)18-34-29-15-21(6-8-27(29)31)22-14-26(38-20-22)19-36-10-12-37-13-11-36/h1-9,14-16,18,20H,10-13,19H2,(H,34,35). The quantitative estimate of drug-likeness (QED) is 0.213. The van der Waals surface area contributed by atoms with Crippen molar-refractivity contribution in [3.8, 4) is 17.2 Å². The normalized spacial score (nSPS) is 13.8. The number of ether oxygens (including phenoxy) is 1. The van der Waals surface area contributed by atoms with Crippen LogP contribution < -0.4 is 5.32 Å². The van der Waals surface area contributed by atoms with E-state index in [1.165, 1.54) is 10.4 Å². The molecule has 5 aromatic rings. The first-order valence-corrected chi connectivity index (χ1v) is 14.7. The number of nitrogens with one attached hydrogen (secondary N) is 1. The molecule has 0 radical (unpaired) electrons. The fraction of sp³-hybridized carbons (Fsp3) is 0.161. The van der Waals surface area contributed by atoms with Crippen LogP contribution in [0.1, 0.15) is 10.4 Å². The topological polar surface area (TPSA) is 61.2 Å². The number of hydrogen-bond acceptors (Lipinski definition) is 7. The van der Waals surface area contributed by atoms with Gasteiger partial charge in [-0.25, -0.2) is 0 Å². The number of fused-ring (bicyclic) bond motifs is 1. The fourth-order valence-electron chi connectivity index (χ4n) is 4.61. The van der Waals surface area contributed by atoms with E-state index in [1.807, 2.05) is 42.5 Å². The van der Waals surface area contributed by atoms with Gasteiger partial charge in [0.05, 0.1) is 35.0 Å². The number of rotatable bonds is 7. The summed E-state index contributed by atoms with van der Waals surface area (Å²) < 4.78 is 5.47. The van der Waals surface area contributed by atoms with Gasteiger partial charge in [0.25, 0.3) is 0 Å². The zero-order valence-electron chi connectivity index (χ0n) is 21.1. The summed E-state index contributed by atoms with van der Waals surface area (Å²) in [5, 5.41) is 17.0. The summed E-state index contributed by atoms with van der Waals surface area (Å²) in [6.07, 6.45) is 1.63. The van der Waals surface area contributed by atoms with Gasteiger partial charge in [-0.2, -0.15) is 5.26 Å². The lowest BCUT2D eigenvalue weighted by molar-refractivity contribution is 0.0346. The Morgan fingerprint density at radius 3 is 2.67 bits per heavy atom. The second kappa shape index (κ2) is 11.8. The summed E-state index contributed by atoms with van der Waals surface area (Å²) in [5.41, 5.74) is 5.15. The smallest absolute Gasteiger partial charge is 0.103 e. The minimum Gasteiger partial charge on any atom is -0.379 e. The Morgan fingerprint density at radius 1 is 1.03 bits per heavy atom. The van der Waals surface area contributed by atoms with Crippen molar-refractivity contribution in [2.24, 2.45) is 0 Å². The maximum Gasteiger partial charge on any atom is 0.103 e. The van der Waals surface area contributed by atoms with Crippen molar-refractivity contribution in [1.29, 1.82) is 5.26 Å². The van der Waals surface area contributed by atoms with Crippen molar-refractivity contribution in [2.75, 3.05) is 31.6 Å². The molecule has 3 aromatic carbocycles. The molecule has 3 heterocycles. The molecule has 0 spiro atoms. The van der Waals surface area contributed by atoms with Crippen LogP contribution in [-0.2, 0) is 11.3 Å². The molecule has 1 N–H and O–H groups in total. The van der Waals surface area contributed by atoms with Gasteiger partial charge in [0, 0.05) is 51.6 Å². The molecule has 8 heteroatoms. The molecule has 2 aromatic heterocycles. The molecule has 0 saturated carbocycles. The van der Waals surface area contributed by atoms with Crippen molar-refractivity contribution in [3.63, 3.8) is 0 Å². The second-order valence-electron chi connectivity index (χ2n) is 9.27. The van der Waals surface area contributed by atoms with E-state index in [0.717, 1.165) is 70.5 Å². The van der Waals surface area contributed by atoms with Crippen molar-refractivity contribution >= 4 is 57.0 Å². The Morgan fingerprint density at radius 2 is 1.87 bits per heavy atom. The molecule has 0 aliphatic carbocycles. The number of anilines is 2. The molecule has 0 amide bonds. The van der Waals surface area contributed by atoms with Crippen molar-refractivity contribution < 1.29 is 4.74 Å². The minimum atomic E-state index is 0.484. The lowest BCUT2D eigenvalue weighted by Crippen LogP contribution is -2.35. The highest BCUT2D eigenvalue weighted by atomic mass is 35.5. The van der Waals surface area contributed by atoms with Crippen LogP contribution in [0.2, 0.25) is 5.02 Å². The molecule has 0 atom stereocenters. The van der Waals surface area contributed by atoms with Crippen LogP contribution in [0.4, 0.5) is 11.4 Å². The third-order valence-electron chi connectivity index (χ3n) is 6.63. The van der Waals surface area contributed by atoms with Crippen molar-refractivity contribution in [3.05, 3.63) is 99.8 Å². The maximum atomic E-state index is 9.82. The molecule has 6 rings (SSSR count). The van der Waals surface area contributed by atoms with Crippen LogP contribution >= 0.6 is 34.7 Å². The first kappa shape index (κ1) is 25.9. The monoisotopic (exact) mass is 568 g/mol. The number of nitrogens with zero attached hydrogens (tertiary/aromatic N) is 3. The van der Waals surface area contributed by atoms with E-state index >= 15 is 0 Å². The highest BCUT2D eigenvalue weighted by Gasteiger charge is 2.15. The molecule has 1 fully saturated rings. The second-order valence-corrected chi connectivity index (χ2v) is 11.8. The Kier molecular flexibility index (Phi) is 7.82. The lowest BCUT2D eigenvalue weighted by Gasteiger charge is -2.25. The molecular weight excluding hydrogens is 544 g/mol. The molecule has 39 heavy (non-hydrogen) atoms. The molecule has 0 unspecified atom stereocenters. The molecule has 0 bridgehead atoms. The summed E-state index contributed by atoms with van der Waals surface area (Å²) in [5.74, 6) is 0. The van der Waals surface area contributed by atoms with E-state index in [-0.39, 0.29) is 0 Å². The zero-order chi connectivity index (χ0) is 26.6. The number of nitriles is 1. The van der Waals surface area contributed by atoms with E-state index in [1.54, 1.807) is 29.3 Å². The van der Waals surface area contributed by atoms with Gasteiger partial charge >= 0.3 is 0 Å². The van der Waals surface area contributed by atoms with Gasteiger partial charge < -0.3 is 10.1 Å². The third-order valence-corrected chi connectivity index (χ3v) is 9.06. The van der Waals surface area contributed by atoms with E-state index in [2.05, 4.69) is 57.0 Å². The molecule has 1 saturated heterocycles. The molecule has 1 aliphatic rings. The molecule has 1 aliphatic heterocycles. The largest absolute Gasteiger partial charge is 0.379 e. The van der Waals surface area contributed by atoms with Crippen molar-refractivity contribution in [1.82, 2.24) is 9.88 Å². The number of halogens is 1. The number of morpholine rings is 1. The van der Waals surface area contributed by atoms with E-state index in [0.29, 0.717) is 10.6 Å². The maximum absolute atomic E-state index is 9.82. The van der Waals surface area contributed by atoms with Crippen LogP contribution in [0.5, 0.6) is 0 Å². The summed E-state index contributed by atoms with van der Waals surface area (Å²) in [6.45, 7) is 4.51. The zero-order valence-corrected chi connectivity index (χ0v) is 23.5. The number of thiophene rings is 1. The Bertz CT molecular complexity index is 1660. The predicted octanol–water partition coefficient (Wildman–Crippen LogP) is 8.22. The van der Waals surface area contributed by atoms with Crippen LogP contribution in [0, 0.1) is 11.3 Å². The predicted molar refractivity (Wildman–Crippen MR) is 161 cm³/mol. The average Bonchev–Trinajstić information content (AvgIpc) is 3.44. The van der Waals surface area contributed by atoms with Gasteiger partial charge in [0.2, 0.25) is 0 Å². The Labute approximate surface area is 241 Å². The number of benzene rings is 3. The number of pyridine rings is 1. The summed E-state index contributed by atoms with van der Waals surface area (Å²) in [6, 6.07) is 26.8. The molecule has 5 nitrogen and oxygen atoms in total. The summed E-state index contributed by atoms with van der Waals surface area (Å²) in [7, 11) is 0. The van der Waals surface area contributed by atoms with Gasteiger partial charge in [0.1, 0.15) is 6.07 Å². The Balaban J connectivity index is 1.25. The molecular formula is C31H25ClN4OS2. The SMILES string of the molecule is N#Cc1cnc2cc(-c3csc(CN4CCOCC4)c3)ccc2c1Nc1ccc(Sc2ccccc2)c(Cl)c1. The van der Waals surface area contributed by atoms with Gasteiger partial charge in [-0.05, 0) is 59.0 Å². The Hall–Kier alpha value is -3.38. The van der Waals surface area contributed by atoms with Crippen LogP contribution in [0.15, 0.2) is 94.2 Å². The van der Waals surface area contributed by atoms with Crippen LogP contribution in [0.3, 0.4) is 0 Å². The number of hydrogen-bond donors (Lipinski definition) is 1. The van der Waals surface area contributed by atoms with Gasteiger partial charge in [-0.3, -0.25) is 9.88 Å². The minimum absolute atomic E-state index is 0.484. The average molecular weight is 569 g/mol. The molecule has 194 valence electrons. The number of aromatic nitrogens is 1. The highest BCUT2D eigenvalue weighted by Crippen LogP contribution is 2.37. The summed E-state index contributed by atoms with van der Waals surface area (Å²) >= 11 is 10.0. The van der Waals surface area contributed by atoms with Crippen LogP contribution in [-0.4, -0.2) is 36.2 Å². The van der Waals surface area contributed by atoms with E-state index < -0.39 is 0 Å². The summed E-state index contributed by atoms with van der Waals surface area (Å²) in [4.78, 5) is 10.5. The van der Waals surface area contributed by atoms with Crippen molar-refractivity contribution in [2.45, 2.75) is 16.3 Å². The van der Waals surface area contributed by atoms with Gasteiger partial charge in [0.15, 0.2) is 0 Å². The van der Waals surface area contributed by atoms with E-state index in [9.17, 15) is 5.26 Å². The van der Waals surface area contributed by atoms with Crippen LogP contribution in [0.25, 0.3) is 22.0 Å². The van der Waals surface area contributed by atoms with E-state index in [4.69, 9.17) is 16.3 Å².